The molecule has 2 rings (SSSR count). The van der Waals surface area contributed by atoms with Crippen molar-refractivity contribution in [2.45, 2.75) is 0 Å². The molecular weight excluding hydrogens is 472 g/mol. The number of amides is 1. The maximum Gasteiger partial charge on any atom is 0.335 e. The van der Waals surface area contributed by atoms with Crippen LogP contribution in [0, 0.1) is 3.57 Å². The Morgan fingerprint density at radius 2 is 1.90 bits per heavy atom. The van der Waals surface area contributed by atoms with Crippen LogP contribution in [-0.4, -0.2) is 17.0 Å². The van der Waals surface area contributed by atoms with Crippen LogP contribution in [-0.2, 0) is 0 Å². The van der Waals surface area contributed by atoms with Crippen molar-refractivity contribution in [3.8, 4) is 0 Å². The summed E-state index contributed by atoms with van der Waals surface area (Å²) in [5, 5.41) is 11.9. The van der Waals surface area contributed by atoms with E-state index in [0.717, 1.165) is 3.57 Å². The lowest BCUT2D eigenvalue weighted by atomic mass is 10.1. The summed E-state index contributed by atoms with van der Waals surface area (Å²) in [5.74, 6) is -1.46. The fraction of sp³-hybridized carbons (Fsp3) is 0. The summed E-state index contributed by atoms with van der Waals surface area (Å²) in [5.41, 5.74) is 0.800. The summed E-state index contributed by atoms with van der Waals surface area (Å²) < 4.78 is 1.57. The number of benzene rings is 2. The van der Waals surface area contributed by atoms with Crippen LogP contribution < -0.4 is 5.32 Å². The summed E-state index contributed by atoms with van der Waals surface area (Å²) in [6.45, 7) is 0. The first-order valence-corrected chi connectivity index (χ1v) is 7.92. The van der Waals surface area contributed by atoms with E-state index in [1.807, 2.05) is 6.07 Å². The minimum Gasteiger partial charge on any atom is -0.478 e. The van der Waals surface area contributed by atoms with E-state index >= 15 is 0 Å². The molecule has 2 aromatic carbocycles. The smallest absolute Gasteiger partial charge is 0.335 e. The maximum atomic E-state index is 12.2. The summed E-state index contributed by atoms with van der Waals surface area (Å²) in [4.78, 5) is 23.2. The largest absolute Gasteiger partial charge is 0.478 e. The van der Waals surface area contributed by atoms with Gasteiger partial charge < -0.3 is 10.4 Å². The van der Waals surface area contributed by atoms with E-state index in [9.17, 15) is 9.59 Å². The SMILES string of the molecule is O=C(O)c1cc(Cl)cc(NC(=O)c2cc(I)ccc2Br)c1. The number of halogens is 3. The molecule has 0 aliphatic rings. The highest BCUT2D eigenvalue weighted by atomic mass is 127. The molecule has 2 aromatic rings. The second-order valence-corrected chi connectivity index (χ2v) is 6.65. The number of carboxylic acid groups (broad SMARTS) is 1. The van der Waals surface area contributed by atoms with Crippen LogP contribution in [0.5, 0.6) is 0 Å². The topological polar surface area (TPSA) is 66.4 Å². The molecule has 0 saturated heterocycles. The first-order chi connectivity index (χ1) is 9.86. The number of aromatic carboxylic acids is 1. The molecule has 0 radical (unpaired) electrons. The lowest BCUT2D eigenvalue weighted by molar-refractivity contribution is 0.0696. The van der Waals surface area contributed by atoms with Crippen LogP contribution in [0.4, 0.5) is 5.69 Å². The standard InChI is InChI=1S/C14H8BrClINO3/c15-12-2-1-9(17)6-11(12)13(19)18-10-4-7(14(20)21)3-8(16)5-10/h1-6H,(H,18,19)(H,20,21). The Balaban J connectivity index is 2.31. The highest BCUT2D eigenvalue weighted by molar-refractivity contribution is 14.1. The van der Waals surface area contributed by atoms with E-state index in [2.05, 4.69) is 43.8 Å². The molecule has 0 atom stereocenters. The quantitative estimate of drug-likeness (QED) is 0.629. The van der Waals surface area contributed by atoms with Gasteiger partial charge in [0.15, 0.2) is 0 Å². The summed E-state index contributed by atoms with van der Waals surface area (Å²) in [6, 6.07) is 9.53. The molecule has 0 unspecified atom stereocenters. The zero-order chi connectivity index (χ0) is 15.6. The van der Waals surface area contributed by atoms with Gasteiger partial charge in [0, 0.05) is 18.8 Å². The third kappa shape index (κ3) is 4.18. The Labute approximate surface area is 147 Å². The number of carbonyl (C=O) groups excluding carboxylic acids is 1. The Kier molecular flexibility index (Phi) is 5.23. The predicted octanol–water partition coefficient (Wildman–Crippen LogP) is 4.66. The van der Waals surface area contributed by atoms with Gasteiger partial charge in [-0.25, -0.2) is 4.79 Å². The lowest BCUT2D eigenvalue weighted by Gasteiger charge is -2.09. The zero-order valence-corrected chi connectivity index (χ0v) is 14.9. The molecular formula is C14H8BrClINO3. The number of hydrogen-bond acceptors (Lipinski definition) is 2. The summed E-state index contributed by atoms with van der Waals surface area (Å²) in [6.07, 6.45) is 0. The summed E-state index contributed by atoms with van der Waals surface area (Å²) in [7, 11) is 0. The van der Waals surface area contributed by atoms with E-state index in [1.54, 1.807) is 12.1 Å². The first-order valence-electron chi connectivity index (χ1n) is 5.67. The van der Waals surface area contributed by atoms with Gasteiger partial charge in [0.25, 0.3) is 5.91 Å². The van der Waals surface area contributed by atoms with Gasteiger partial charge >= 0.3 is 5.97 Å². The van der Waals surface area contributed by atoms with Crippen LogP contribution >= 0.6 is 50.1 Å². The molecule has 4 nitrogen and oxygen atoms in total. The first kappa shape index (κ1) is 16.3. The third-order valence-electron chi connectivity index (χ3n) is 2.58. The van der Waals surface area contributed by atoms with Gasteiger partial charge in [-0.15, -0.1) is 0 Å². The second-order valence-electron chi connectivity index (χ2n) is 4.11. The minimum atomic E-state index is -1.11. The van der Waals surface area contributed by atoms with Crippen LogP contribution in [0.1, 0.15) is 20.7 Å². The van der Waals surface area contributed by atoms with Crippen molar-refractivity contribution >= 4 is 67.7 Å². The van der Waals surface area contributed by atoms with Crippen molar-refractivity contribution in [3.05, 3.63) is 60.6 Å². The highest BCUT2D eigenvalue weighted by Crippen LogP contribution is 2.23. The molecule has 0 heterocycles. The number of carboxylic acids is 1. The molecule has 0 aliphatic carbocycles. The van der Waals surface area contributed by atoms with E-state index in [-0.39, 0.29) is 16.5 Å². The Hall–Kier alpha value is -1.12. The van der Waals surface area contributed by atoms with Crippen molar-refractivity contribution in [3.63, 3.8) is 0 Å². The van der Waals surface area contributed by atoms with Crippen molar-refractivity contribution in [1.29, 1.82) is 0 Å². The van der Waals surface area contributed by atoms with Crippen molar-refractivity contribution in [2.24, 2.45) is 0 Å². The Morgan fingerprint density at radius 3 is 2.57 bits per heavy atom. The van der Waals surface area contributed by atoms with Gasteiger partial charge in [-0.2, -0.15) is 0 Å². The molecule has 7 heteroatoms. The third-order valence-corrected chi connectivity index (χ3v) is 4.16. The van der Waals surface area contributed by atoms with Crippen molar-refractivity contribution in [2.75, 3.05) is 5.32 Å². The van der Waals surface area contributed by atoms with E-state index < -0.39 is 5.97 Å². The average Bonchev–Trinajstić information content (AvgIpc) is 2.40. The molecule has 0 aliphatic heterocycles. The van der Waals surface area contributed by atoms with Gasteiger partial charge in [-0.05, 0) is 74.9 Å². The molecule has 0 aromatic heterocycles. The van der Waals surface area contributed by atoms with Gasteiger partial charge in [-0.3, -0.25) is 4.79 Å². The van der Waals surface area contributed by atoms with Crippen LogP contribution in [0.2, 0.25) is 5.02 Å². The number of rotatable bonds is 3. The van der Waals surface area contributed by atoms with Gasteiger partial charge in [0.05, 0.1) is 11.1 Å². The normalized spacial score (nSPS) is 10.2. The van der Waals surface area contributed by atoms with Gasteiger partial charge in [0.2, 0.25) is 0 Å². The molecule has 0 saturated carbocycles. The van der Waals surface area contributed by atoms with Crippen LogP contribution in [0.3, 0.4) is 0 Å². The molecule has 21 heavy (non-hydrogen) atoms. The highest BCUT2D eigenvalue weighted by Gasteiger charge is 2.13. The van der Waals surface area contributed by atoms with E-state index in [0.29, 0.717) is 15.7 Å². The van der Waals surface area contributed by atoms with Crippen molar-refractivity contribution < 1.29 is 14.7 Å². The summed E-state index contributed by atoms with van der Waals surface area (Å²) >= 11 is 11.3. The number of anilines is 1. The lowest BCUT2D eigenvalue weighted by Crippen LogP contribution is -2.13. The average molecular weight is 480 g/mol. The molecule has 0 spiro atoms. The van der Waals surface area contributed by atoms with Gasteiger partial charge in [0.1, 0.15) is 0 Å². The predicted molar refractivity (Wildman–Crippen MR) is 93.2 cm³/mol. The minimum absolute atomic E-state index is 0.0134. The number of carbonyl (C=O) groups is 2. The molecule has 108 valence electrons. The second kappa shape index (κ2) is 6.76. The van der Waals surface area contributed by atoms with Gasteiger partial charge in [-0.1, -0.05) is 11.6 Å². The van der Waals surface area contributed by atoms with Crippen LogP contribution in [0.25, 0.3) is 0 Å². The Bertz CT molecular complexity index is 736. The molecule has 0 bridgehead atoms. The monoisotopic (exact) mass is 479 g/mol. The maximum absolute atomic E-state index is 12.2. The fourth-order valence-electron chi connectivity index (χ4n) is 1.66. The molecule has 0 fully saturated rings. The number of hydrogen-bond donors (Lipinski definition) is 2. The molecule has 2 N–H and O–H groups in total. The fourth-order valence-corrected chi connectivity index (χ4v) is 2.81. The van der Waals surface area contributed by atoms with E-state index in [1.165, 1.54) is 18.2 Å². The number of nitrogens with one attached hydrogen (secondary N) is 1. The zero-order valence-electron chi connectivity index (χ0n) is 10.4. The Morgan fingerprint density at radius 1 is 1.19 bits per heavy atom. The molecule has 1 amide bonds. The van der Waals surface area contributed by atoms with E-state index in [4.69, 9.17) is 16.7 Å². The van der Waals surface area contributed by atoms with Crippen LogP contribution in [0.15, 0.2) is 40.9 Å². The van der Waals surface area contributed by atoms with Crippen molar-refractivity contribution in [1.82, 2.24) is 0 Å².